The summed E-state index contributed by atoms with van der Waals surface area (Å²) in [5, 5.41) is 11.4. The highest BCUT2D eigenvalue weighted by Gasteiger charge is 2.68. The smallest absolute Gasteiger partial charge is 0.0809 e. The molecule has 2 saturated carbocycles. The van der Waals surface area contributed by atoms with E-state index < -0.39 is 5.60 Å². The van der Waals surface area contributed by atoms with E-state index in [1.807, 2.05) is 18.3 Å². The summed E-state index contributed by atoms with van der Waals surface area (Å²) in [5.74, 6) is 0.651. The van der Waals surface area contributed by atoms with Crippen molar-refractivity contribution in [2.75, 3.05) is 0 Å². The number of pyridine rings is 1. The minimum Gasteiger partial charge on any atom is -0.388 e. The number of hydrogen-bond acceptors (Lipinski definition) is 2. The lowest BCUT2D eigenvalue weighted by Crippen LogP contribution is -2.55. The predicted octanol–water partition coefficient (Wildman–Crippen LogP) is 3.96. The molecule has 3 unspecified atom stereocenters. The maximum atomic E-state index is 11.4. The van der Waals surface area contributed by atoms with E-state index in [0.29, 0.717) is 12.3 Å². The summed E-state index contributed by atoms with van der Waals surface area (Å²) >= 11 is 3.41. The molecule has 0 spiro atoms. The quantitative estimate of drug-likeness (QED) is 0.893. The lowest BCUT2D eigenvalue weighted by Gasteiger charge is -2.50. The minimum absolute atomic E-state index is 0.0191. The Morgan fingerprint density at radius 1 is 1.37 bits per heavy atom. The summed E-state index contributed by atoms with van der Waals surface area (Å²) in [6.07, 6.45) is 6.06. The Bertz CT molecular complexity index is 491. The molecule has 0 radical (unpaired) electrons. The Kier molecular flexibility index (Phi) is 2.89. The summed E-state index contributed by atoms with van der Waals surface area (Å²) < 4.78 is 0.988. The van der Waals surface area contributed by atoms with Crippen LogP contribution in [-0.2, 0) is 6.42 Å². The molecule has 0 saturated heterocycles. The van der Waals surface area contributed by atoms with Crippen LogP contribution in [0.4, 0.5) is 0 Å². The standard InChI is InChI=1S/C16H22BrNO/c1-14(2)11-6-7-15(3,8-11)16(14,19)9-13-5-4-12(17)10-18-13/h4-5,10-11,19H,6-9H2,1-3H3. The van der Waals surface area contributed by atoms with Gasteiger partial charge in [-0.2, -0.15) is 0 Å². The van der Waals surface area contributed by atoms with E-state index in [2.05, 4.69) is 41.7 Å². The summed E-state index contributed by atoms with van der Waals surface area (Å²) in [4.78, 5) is 4.46. The van der Waals surface area contributed by atoms with Gasteiger partial charge in [0.05, 0.1) is 5.60 Å². The number of hydrogen-bond donors (Lipinski definition) is 1. The van der Waals surface area contributed by atoms with Gasteiger partial charge in [-0.1, -0.05) is 20.8 Å². The molecule has 104 valence electrons. The van der Waals surface area contributed by atoms with Gasteiger partial charge in [0.25, 0.3) is 0 Å². The van der Waals surface area contributed by atoms with Gasteiger partial charge in [0.1, 0.15) is 0 Å². The zero-order valence-corrected chi connectivity index (χ0v) is 13.5. The molecule has 2 aliphatic rings. The van der Waals surface area contributed by atoms with E-state index in [9.17, 15) is 5.11 Å². The van der Waals surface area contributed by atoms with E-state index in [0.717, 1.165) is 23.0 Å². The normalized spacial score (nSPS) is 39.7. The Hall–Kier alpha value is -0.410. The fourth-order valence-corrected chi connectivity index (χ4v) is 4.80. The highest BCUT2D eigenvalue weighted by molar-refractivity contribution is 9.10. The molecule has 2 aliphatic carbocycles. The van der Waals surface area contributed by atoms with Gasteiger partial charge < -0.3 is 5.11 Å². The van der Waals surface area contributed by atoms with Crippen LogP contribution in [0.25, 0.3) is 0 Å². The lowest BCUT2D eigenvalue weighted by molar-refractivity contribution is -0.142. The van der Waals surface area contributed by atoms with Gasteiger partial charge in [0, 0.05) is 22.8 Å². The summed E-state index contributed by atoms with van der Waals surface area (Å²) in [6.45, 7) is 6.74. The molecule has 0 aromatic carbocycles. The molecule has 1 aromatic rings. The Morgan fingerprint density at radius 2 is 2.11 bits per heavy atom. The molecule has 3 atom stereocenters. The molecular formula is C16H22BrNO. The Balaban J connectivity index is 1.96. The fraction of sp³-hybridized carbons (Fsp3) is 0.688. The van der Waals surface area contributed by atoms with E-state index in [1.54, 1.807) is 0 Å². The molecule has 3 rings (SSSR count). The molecule has 3 heteroatoms. The number of aromatic nitrogens is 1. The van der Waals surface area contributed by atoms with Crippen molar-refractivity contribution in [3.63, 3.8) is 0 Å². The molecule has 19 heavy (non-hydrogen) atoms. The van der Waals surface area contributed by atoms with Crippen LogP contribution in [0, 0.1) is 16.7 Å². The molecule has 2 bridgehead atoms. The first-order valence-electron chi connectivity index (χ1n) is 7.11. The van der Waals surface area contributed by atoms with Crippen molar-refractivity contribution >= 4 is 15.9 Å². The Labute approximate surface area is 123 Å². The summed E-state index contributed by atoms with van der Waals surface area (Å²) in [5.41, 5.74) is 0.390. The lowest BCUT2D eigenvalue weighted by atomic mass is 9.59. The maximum absolute atomic E-state index is 11.4. The second kappa shape index (κ2) is 4.05. The van der Waals surface area contributed by atoms with Gasteiger partial charge in [-0.3, -0.25) is 4.98 Å². The van der Waals surface area contributed by atoms with Crippen LogP contribution in [0.3, 0.4) is 0 Å². The van der Waals surface area contributed by atoms with Crippen molar-refractivity contribution < 1.29 is 5.11 Å². The number of aliphatic hydroxyl groups is 1. The number of halogens is 1. The van der Waals surface area contributed by atoms with Crippen molar-refractivity contribution in [1.29, 1.82) is 0 Å². The molecular weight excluding hydrogens is 302 g/mol. The first-order valence-corrected chi connectivity index (χ1v) is 7.91. The predicted molar refractivity (Wildman–Crippen MR) is 79.8 cm³/mol. The first kappa shape index (κ1) is 13.6. The van der Waals surface area contributed by atoms with Crippen LogP contribution in [0.1, 0.15) is 45.7 Å². The second-order valence-electron chi connectivity index (χ2n) is 7.23. The van der Waals surface area contributed by atoms with Crippen molar-refractivity contribution in [2.45, 2.75) is 52.1 Å². The summed E-state index contributed by atoms with van der Waals surface area (Å²) in [7, 11) is 0. The van der Waals surface area contributed by atoms with Gasteiger partial charge in [-0.15, -0.1) is 0 Å². The zero-order chi connectivity index (χ0) is 13.9. The summed E-state index contributed by atoms with van der Waals surface area (Å²) in [6, 6.07) is 4.03. The molecule has 1 heterocycles. The third-order valence-electron chi connectivity index (χ3n) is 6.05. The van der Waals surface area contributed by atoms with Gasteiger partial charge in [-0.25, -0.2) is 0 Å². The van der Waals surface area contributed by atoms with Crippen molar-refractivity contribution in [3.8, 4) is 0 Å². The van der Waals surface area contributed by atoms with Gasteiger partial charge in [-0.05, 0) is 64.1 Å². The molecule has 0 aliphatic heterocycles. The fourth-order valence-electron chi connectivity index (χ4n) is 4.56. The van der Waals surface area contributed by atoms with Crippen molar-refractivity contribution in [1.82, 2.24) is 4.98 Å². The monoisotopic (exact) mass is 323 g/mol. The number of nitrogens with zero attached hydrogens (tertiary/aromatic N) is 1. The van der Waals surface area contributed by atoms with Crippen LogP contribution < -0.4 is 0 Å². The average molecular weight is 324 g/mol. The maximum Gasteiger partial charge on any atom is 0.0809 e. The van der Waals surface area contributed by atoms with Gasteiger partial charge >= 0.3 is 0 Å². The number of fused-ring (bicyclic) bond motifs is 2. The Morgan fingerprint density at radius 3 is 2.63 bits per heavy atom. The highest BCUT2D eigenvalue weighted by atomic mass is 79.9. The van der Waals surface area contributed by atoms with Crippen LogP contribution >= 0.6 is 15.9 Å². The van der Waals surface area contributed by atoms with Gasteiger partial charge in [0.15, 0.2) is 0 Å². The molecule has 1 aromatic heterocycles. The van der Waals surface area contributed by atoms with Crippen LogP contribution in [0.15, 0.2) is 22.8 Å². The van der Waals surface area contributed by atoms with Crippen LogP contribution in [0.5, 0.6) is 0 Å². The van der Waals surface area contributed by atoms with Crippen LogP contribution in [-0.4, -0.2) is 15.7 Å². The molecule has 0 amide bonds. The largest absolute Gasteiger partial charge is 0.388 e. The third-order valence-corrected chi connectivity index (χ3v) is 6.52. The van der Waals surface area contributed by atoms with Crippen LogP contribution in [0.2, 0.25) is 0 Å². The molecule has 2 fully saturated rings. The van der Waals surface area contributed by atoms with E-state index in [-0.39, 0.29) is 10.8 Å². The number of rotatable bonds is 2. The van der Waals surface area contributed by atoms with Crippen molar-refractivity contribution in [2.24, 2.45) is 16.7 Å². The van der Waals surface area contributed by atoms with Crippen molar-refractivity contribution in [3.05, 3.63) is 28.5 Å². The van der Waals surface area contributed by atoms with E-state index >= 15 is 0 Å². The van der Waals surface area contributed by atoms with E-state index in [4.69, 9.17) is 0 Å². The SMILES string of the molecule is CC12CCC(C1)C(C)(C)C2(O)Cc1ccc(Br)cn1. The van der Waals surface area contributed by atoms with E-state index in [1.165, 1.54) is 6.42 Å². The zero-order valence-electron chi connectivity index (χ0n) is 11.9. The molecule has 2 nitrogen and oxygen atoms in total. The first-order chi connectivity index (χ1) is 8.78. The minimum atomic E-state index is -0.635. The highest BCUT2D eigenvalue weighted by Crippen LogP contribution is 2.68. The van der Waals surface area contributed by atoms with Gasteiger partial charge in [0.2, 0.25) is 0 Å². The molecule has 1 N–H and O–H groups in total. The second-order valence-corrected chi connectivity index (χ2v) is 8.14. The topological polar surface area (TPSA) is 33.1 Å². The third kappa shape index (κ3) is 1.74. The average Bonchev–Trinajstić information content (AvgIpc) is 2.81.